The summed E-state index contributed by atoms with van der Waals surface area (Å²) >= 11 is 0. The summed E-state index contributed by atoms with van der Waals surface area (Å²) in [6.07, 6.45) is 2.19. The summed E-state index contributed by atoms with van der Waals surface area (Å²) < 4.78 is 2.22. The first kappa shape index (κ1) is 14.0. The zero-order valence-electron chi connectivity index (χ0n) is 13.4. The lowest BCUT2D eigenvalue weighted by Crippen LogP contribution is -2.02. The molecule has 3 aromatic rings. The number of aromatic nitrogens is 5. The number of aryl methyl sites for hydroxylation is 3. The average Bonchev–Trinajstić information content (AvgIpc) is 3.22. The first-order chi connectivity index (χ1) is 11.2. The van der Waals surface area contributed by atoms with Gasteiger partial charge in [-0.15, -0.1) is 10.2 Å². The van der Waals surface area contributed by atoms with Gasteiger partial charge < -0.3 is 14.9 Å². The molecule has 0 aliphatic carbocycles. The van der Waals surface area contributed by atoms with Crippen molar-refractivity contribution in [1.82, 2.24) is 24.7 Å². The van der Waals surface area contributed by atoms with Crippen molar-refractivity contribution in [2.75, 3.05) is 5.32 Å². The molecule has 0 fully saturated rings. The van der Waals surface area contributed by atoms with Gasteiger partial charge in [0.25, 0.3) is 0 Å². The number of anilines is 1. The molecule has 0 unspecified atom stereocenters. The zero-order chi connectivity index (χ0) is 15.8. The van der Waals surface area contributed by atoms with Gasteiger partial charge in [0, 0.05) is 29.9 Å². The molecule has 1 aliphatic rings. The van der Waals surface area contributed by atoms with Gasteiger partial charge in [-0.2, -0.15) is 0 Å². The highest BCUT2D eigenvalue weighted by molar-refractivity contribution is 5.62. The molecule has 0 atom stereocenters. The molecule has 2 N–H and O–H groups in total. The van der Waals surface area contributed by atoms with E-state index in [1.165, 1.54) is 0 Å². The van der Waals surface area contributed by atoms with Crippen LogP contribution in [0, 0.1) is 13.8 Å². The monoisotopic (exact) mass is 308 g/mol. The molecule has 2 aromatic heterocycles. The van der Waals surface area contributed by atoms with E-state index in [9.17, 15) is 0 Å². The Balaban J connectivity index is 1.54. The van der Waals surface area contributed by atoms with Crippen LogP contribution in [0.25, 0.3) is 11.4 Å². The second-order valence-corrected chi connectivity index (χ2v) is 6.02. The average molecular weight is 308 g/mol. The van der Waals surface area contributed by atoms with Crippen molar-refractivity contribution >= 4 is 5.69 Å². The molecule has 0 radical (unpaired) electrons. The van der Waals surface area contributed by atoms with E-state index in [-0.39, 0.29) is 0 Å². The molecule has 0 amide bonds. The fourth-order valence-electron chi connectivity index (χ4n) is 3.02. The van der Waals surface area contributed by atoms with Crippen molar-refractivity contribution in [3.05, 3.63) is 47.3 Å². The summed E-state index contributed by atoms with van der Waals surface area (Å²) in [4.78, 5) is 7.79. The maximum absolute atomic E-state index is 4.50. The summed E-state index contributed by atoms with van der Waals surface area (Å²) in [7, 11) is 0. The minimum Gasteiger partial charge on any atom is -0.378 e. The smallest absolute Gasteiger partial charge is 0.164 e. The summed E-state index contributed by atoms with van der Waals surface area (Å²) in [5, 5.41) is 12.1. The largest absolute Gasteiger partial charge is 0.378 e. The van der Waals surface area contributed by atoms with Crippen LogP contribution in [0.2, 0.25) is 0 Å². The number of hydrogen-bond acceptors (Lipinski definition) is 4. The van der Waals surface area contributed by atoms with Gasteiger partial charge in [-0.25, -0.2) is 4.98 Å². The topological polar surface area (TPSA) is 71.4 Å². The number of imidazole rings is 1. The molecule has 6 heteroatoms. The molecule has 1 aliphatic heterocycles. The van der Waals surface area contributed by atoms with Crippen LogP contribution in [0.15, 0.2) is 24.3 Å². The Labute approximate surface area is 135 Å². The highest BCUT2D eigenvalue weighted by atomic mass is 15.3. The minimum atomic E-state index is 0.677. The first-order valence-corrected chi connectivity index (χ1v) is 7.99. The number of fused-ring (bicyclic) bond motifs is 1. The van der Waals surface area contributed by atoms with Gasteiger partial charge in [-0.05, 0) is 32.4 Å². The molecule has 3 heterocycles. The Morgan fingerprint density at radius 3 is 3.00 bits per heavy atom. The van der Waals surface area contributed by atoms with Crippen LogP contribution < -0.4 is 5.32 Å². The molecule has 6 nitrogen and oxygen atoms in total. The highest BCUT2D eigenvalue weighted by Gasteiger charge is 2.18. The van der Waals surface area contributed by atoms with Crippen molar-refractivity contribution in [3.63, 3.8) is 0 Å². The fraction of sp³-hybridized carbons (Fsp3) is 0.353. The van der Waals surface area contributed by atoms with Gasteiger partial charge >= 0.3 is 0 Å². The minimum absolute atomic E-state index is 0.677. The van der Waals surface area contributed by atoms with Crippen LogP contribution in [-0.2, 0) is 19.5 Å². The second-order valence-electron chi connectivity index (χ2n) is 6.02. The Kier molecular flexibility index (Phi) is 3.37. The third kappa shape index (κ3) is 2.60. The highest BCUT2D eigenvalue weighted by Crippen LogP contribution is 2.25. The molecule has 0 saturated carbocycles. The molecule has 0 saturated heterocycles. The van der Waals surface area contributed by atoms with Gasteiger partial charge in [-0.1, -0.05) is 12.1 Å². The molecular formula is C17H20N6. The predicted molar refractivity (Wildman–Crippen MR) is 89.2 cm³/mol. The van der Waals surface area contributed by atoms with Crippen molar-refractivity contribution in [2.45, 2.75) is 39.8 Å². The third-order valence-electron chi connectivity index (χ3n) is 4.37. The van der Waals surface area contributed by atoms with Gasteiger partial charge in [-0.3, -0.25) is 0 Å². The molecule has 1 aromatic carbocycles. The van der Waals surface area contributed by atoms with Gasteiger partial charge in [0.2, 0.25) is 0 Å². The number of hydrogen-bond donors (Lipinski definition) is 2. The molecule has 4 rings (SSSR count). The maximum atomic E-state index is 4.50. The van der Waals surface area contributed by atoms with Crippen LogP contribution >= 0.6 is 0 Å². The summed E-state index contributed by atoms with van der Waals surface area (Å²) in [5.41, 5.74) is 4.33. The molecular weight excluding hydrogens is 288 g/mol. The van der Waals surface area contributed by atoms with Crippen LogP contribution in [0.1, 0.15) is 29.5 Å². The van der Waals surface area contributed by atoms with Gasteiger partial charge in [0.15, 0.2) is 5.82 Å². The first-order valence-electron chi connectivity index (χ1n) is 7.99. The van der Waals surface area contributed by atoms with Crippen molar-refractivity contribution in [3.8, 4) is 11.4 Å². The Morgan fingerprint density at radius 2 is 2.17 bits per heavy atom. The lowest BCUT2D eigenvalue weighted by atomic mass is 10.2. The molecule has 0 bridgehead atoms. The molecule has 118 valence electrons. The molecule has 0 spiro atoms. The van der Waals surface area contributed by atoms with Gasteiger partial charge in [0.1, 0.15) is 11.6 Å². The van der Waals surface area contributed by atoms with Crippen LogP contribution in [0.5, 0.6) is 0 Å². The van der Waals surface area contributed by atoms with E-state index in [4.69, 9.17) is 0 Å². The Hall–Kier alpha value is -2.63. The molecule has 23 heavy (non-hydrogen) atoms. The van der Waals surface area contributed by atoms with Crippen LogP contribution in [0.4, 0.5) is 5.69 Å². The number of nitrogens with one attached hydrogen (secondary N) is 2. The van der Waals surface area contributed by atoms with E-state index >= 15 is 0 Å². The van der Waals surface area contributed by atoms with E-state index in [1.54, 1.807) is 0 Å². The SMILES string of the molecule is Cc1nc(CNc2cccc(-c3nnc4n3CCC4)c2)[nH]c1C. The van der Waals surface area contributed by atoms with Crippen molar-refractivity contribution in [2.24, 2.45) is 0 Å². The van der Waals surface area contributed by atoms with Crippen molar-refractivity contribution < 1.29 is 0 Å². The standard InChI is InChI=1S/C17H20N6/c1-11-12(2)20-15(19-11)10-18-14-6-3-5-13(9-14)17-22-21-16-7-4-8-23(16)17/h3,5-6,9,18H,4,7-8,10H2,1-2H3,(H,19,20). The van der Waals surface area contributed by atoms with E-state index in [1.807, 2.05) is 19.9 Å². The quantitative estimate of drug-likeness (QED) is 0.777. The number of rotatable bonds is 4. The zero-order valence-corrected chi connectivity index (χ0v) is 13.4. The predicted octanol–water partition coefficient (Wildman–Crippen LogP) is 2.84. The number of H-pyrrole nitrogens is 1. The summed E-state index contributed by atoms with van der Waals surface area (Å²) in [6, 6.07) is 8.32. The normalized spacial score (nSPS) is 13.3. The van der Waals surface area contributed by atoms with E-state index in [0.717, 1.165) is 59.5 Å². The fourth-order valence-corrected chi connectivity index (χ4v) is 3.02. The maximum Gasteiger partial charge on any atom is 0.164 e. The van der Waals surface area contributed by atoms with Crippen LogP contribution in [-0.4, -0.2) is 24.7 Å². The van der Waals surface area contributed by atoms with Crippen molar-refractivity contribution in [1.29, 1.82) is 0 Å². The van der Waals surface area contributed by atoms with E-state index in [2.05, 4.69) is 48.2 Å². The second kappa shape index (κ2) is 5.53. The lowest BCUT2D eigenvalue weighted by molar-refractivity contribution is 0.748. The number of nitrogens with zero attached hydrogens (tertiary/aromatic N) is 4. The Bertz CT molecular complexity index is 825. The number of benzene rings is 1. The number of aromatic amines is 1. The Morgan fingerprint density at radius 1 is 1.26 bits per heavy atom. The van der Waals surface area contributed by atoms with E-state index < -0.39 is 0 Å². The lowest BCUT2D eigenvalue weighted by Gasteiger charge is -2.07. The third-order valence-corrected chi connectivity index (χ3v) is 4.37. The van der Waals surface area contributed by atoms with Crippen LogP contribution in [0.3, 0.4) is 0 Å². The van der Waals surface area contributed by atoms with E-state index in [0.29, 0.717) is 6.54 Å². The summed E-state index contributed by atoms with van der Waals surface area (Å²) in [5.74, 6) is 3.01. The summed E-state index contributed by atoms with van der Waals surface area (Å²) in [6.45, 7) is 5.75. The van der Waals surface area contributed by atoms with Gasteiger partial charge in [0.05, 0.1) is 12.2 Å².